The molecule has 4 rings (SSSR count). The Bertz CT molecular complexity index is 1560. The molecule has 45 heavy (non-hydrogen) atoms. The molecule has 0 saturated carbocycles. The Morgan fingerprint density at radius 3 is 2.20 bits per heavy atom. The number of nitrogens with two attached hydrogens (primary N) is 2. The van der Waals surface area contributed by atoms with Crippen LogP contribution in [0.3, 0.4) is 0 Å². The van der Waals surface area contributed by atoms with Crippen molar-refractivity contribution in [1.82, 2.24) is 30.9 Å². The Hall–Kier alpha value is -5.01. The van der Waals surface area contributed by atoms with Gasteiger partial charge in [-0.15, -0.1) is 0 Å². The van der Waals surface area contributed by atoms with Crippen LogP contribution >= 0.6 is 0 Å². The van der Waals surface area contributed by atoms with Crippen molar-refractivity contribution in [3.05, 3.63) is 90.1 Å². The number of hydrogen-bond acceptors (Lipinski definition) is 7. The minimum Gasteiger partial charge on any atom is -0.480 e. The molecule has 0 fully saturated rings. The van der Waals surface area contributed by atoms with E-state index in [2.05, 4.69) is 30.9 Å². The van der Waals surface area contributed by atoms with E-state index in [1.165, 1.54) is 6.33 Å². The van der Waals surface area contributed by atoms with E-state index in [9.17, 15) is 24.3 Å². The second-order valence-electron chi connectivity index (χ2n) is 10.9. The fourth-order valence-corrected chi connectivity index (χ4v) is 5.09. The van der Waals surface area contributed by atoms with Crippen LogP contribution in [-0.2, 0) is 38.4 Å². The molecule has 0 spiro atoms. The van der Waals surface area contributed by atoms with Gasteiger partial charge in [-0.1, -0.05) is 48.5 Å². The van der Waals surface area contributed by atoms with Crippen molar-refractivity contribution < 1.29 is 24.3 Å². The number of nitrogens with zero attached hydrogens (tertiary/aromatic N) is 1. The van der Waals surface area contributed by atoms with Gasteiger partial charge in [0, 0.05) is 36.1 Å². The lowest BCUT2D eigenvalue weighted by Gasteiger charge is -2.25. The summed E-state index contributed by atoms with van der Waals surface area (Å²) < 4.78 is 0. The topological polar surface area (TPSA) is 221 Å². The number of aliphatic carboxylic acids is 1. The molecule has 0 aliphatic rings. The molecule has 0 aliphatic carbocycles. The average Bonchev–Trinajstić information content (AvgIpc) is 3.70. The maximum Gasteiger partial charge on any atom is 0.326 e. The first-order valence-corrected chi connectivity index (χ1v) is 14.9. The molecule has 3 amide bonds. The molecule has 10 N–H and O–H groups in total. The molecule has 13 heteroatoms. The van der Waals surface area contributed by atoms with Gasteiger partial charge in [-0.25, -0.2) is 9.78 Å². The van der Waals surface area contributed by atoms with Crippen molar-refractivity contribution in [1.29, 1.82) is 0 Å². The fraction of sp³-hybridized carbons (Fsp3) is 0.344. The highest BCUT2D eigenvalue weighted by molar-refractivity contribution is 5.95. The number of unbranched alkanes of at least 4 members (excludes halogenated alkanes) is 1. The Labute approximate surface area is 260 Å². The number of fused-ring (bicyclic) bond motifs is 1. The van der Waals surface area contributed by atoms with E-state index < -0.39 is 47.9 Å². The molecule has 13 nitrogen and oxygen atoms in total. The molecular weight excluding hydrogens is 576 g/mol. The number of amides is 3. The van der Waals surface area contributed by atoms with Crippen molar-refractivity contribution in [2.75, 3.05) is 6.54 Å². The van der Waals surface area contributed by atoms with Crippen LogP contribution < -0.4 is 27.4 Å². The summed E-state index contributed by atoms with van der Waals surface area (Å²) in [6.07, 6.45) is 6.44. The lowest BCUT2D eigenvalue weighted by molar-refractivity contribution is -0.142. The first kappa shape index (κ1) is 32.9. The minimum absolute atomic E-state index is 0.0601. The number of aromatic amines is 2. The first-order valence-electron chi connectivity index (χ1n) is 14.9. The number of H-pyrrole nitrogens is 2. The summed E-state index contributed by atoms with van der Waals surface area (Å²) in [6, 6.07) is 12.5. The van der Waals surface area contributed by atoms with Crippen LogP contribution in [-0.4, -0.2) is 74.5 Å². The normalized spacial score (nSPS) is 13.8. The summed E-state index contributed by atoms with van der Waals surface area (Å²) in [7, 11) is 0. The molecule has 2 aromatic heterocycles. The van der Waals surface area contributed by atoms with Gasteiger partial charge in [0.15, 0.2) is 0 Å². The molecule has 0 aliphatic heterocycles. The molecular formula is C32H40N8O5. The zero-order chi connectivity index (χ0) is 32.2. The second kappa shape index (κ2) is 16.2. The van der Waals surface area contributed by atoms with Crippen molar-refractivity contribution in [2.45, 2.75) is 62.7 Å². The maximum atomic E-state index is 13.7. The van der Waals surface area contributed by atoms with E-state index in [1.807, 2.05) is 54.6 Å². The summed E-state index contributed by atoms with van der Waals surface area (Å²) in [4.78, 5) is 62.5. The molecule has 4 aromatic rings. The predicted molar refractivity (Wildman–Crippen MR) is 169 cm³/mol. The first-order chi connectivity index (χ1) is 21.7. The Morgan fingerprint density at radius 1 is 0.800 bits per heavy atom. The Kier molecular flexibility index (Phi) is 11.8. The van der Waals surface area contributed by atoms with Crippen LogP contribution in [0.25, 0.3) is 10.9 Å². The van der Waals surface area contributed by atoms with Crippen molar-refractivity contribution >= 4 is 34.6 Å². The fourth-order valence-electron chi connectivity index (χ4n) is 5.09. The average molecular weight is 617 g/mol. The smallest absolute Gasteiger partial charge is 0.326 e. The third-order valence-corrected chi connectivity index (χ3v) is 7.53. The van der Waals surface area contributed by atoms with E-state index >= 15 is 0 Å². The molecule has 0 bridgehead atoms. The number of carbonyl (C=O) groups excluding carboxylic acids is 3. The molecule has 4 atom stereocenters. The van der Waals surface area contributed by atoms with Gasteiger partial charge in [-0.3, -0.25) is 14.4 Å². The van der Waals surface area contributed by atoms with Gasteiger partial charge in [-0.05, 0) is 49.4 Å². The van der Waals surface area contributed by atoms with Gasteiger partial charge in [0.2, 0.25) is 17.7 Å². The maximum absolute atomic E-state index is 13.7. The standard InChI is InChI=1S/C32H40N8O5/c33-13-7-6-12-26(38-29(41)24(34)14-20-8-2-1-3-9-20)30(42)39-27(15-21-17-36-25-11-5-4-10-23(21)25)31(43)40-28(32(44)45)16-22-18-35-19-37-22/h1-5,8-11,17-19,24,26-28,36H,6-7,12-16,33-34H2,(H,35,37)(H,38,41)(H,39,42)(H,40,43)(H,44,45)/t24-,26-,27-,28-/m0/s1. The predicted octanol–water partition coefficient (Wildman–Crippen LogP) is 0.914. The zero-order valence-corrected chi connectivity index (χ0v) is 24.9. The van der Waals surface area contributed by atoms with Crippen molar-refractivity contribution in [3.63, 3.8) is 0 Å². The quantitative estimate of drug-likeness (QED) is 0.0795. The lowest BCUT2D eigenvalue weighted by atomic mass is 10.0. The van der Waals surface area contributed by atoms with Crippen LogP contribution in [0.15, 0.2) is 73.3 Å². The van der Waals surface area contributed by atoms with Gasteiger partial charge < -0.3 is 42.5 Å². The van der Waals surface area contributed by atoms with Gasteiger partial charge in [0.1, 0.15) is 18.1 Å². The molecule has 2 aromatic carbocycles. The van der Waals surface area contributed by atoms with E-state index in [0.717, 1.165) is 22.0 Å². The van der Waals surface area contributed by atoms with Crippen LogP contribution in [0.2, 0.25) is 0 Å². The van der Waals surface area contributed by atoms with Gasteiger partial charge >= 0.3 is 5.97 Å². The number of benzene rings is 2. The van der Waals surface area contributed by atoms with E-state index in [-0.39, 0.29) is 25.7 Å². The lowest BCUT2D eigenvalue weighted by Crippen LogP contribution is -2.58. The number of hydrogen-bond donors (Lipinski definition) is 8. The van der Waals surface area contributed by atoms with Crippen molar-refractivity contribution in [2.24, 2.45) is 11.5 Å². The minimum atomic E-state index is -1.29. The number of rotatable bonds is 17. The Morgan fingerprint density at radius 2 is 1.49 bits per heavy atom. The number of carboxylic acid groups (broad SMARTS) is 1. The van der Waals surface area contributed by atoms with Gasteiger partial charge in [0.05, 0.1) is 18.1 Å². The highest BCUT2D eigenvalue weighted by Gasteiger charge is 2.31. The summed E-state index contributed by atoms with van der Waals surface area (Å²) >= 11 is 0. The van der Waals surface area contributed by atoms with E-state index in [0.29, 0.717) is 25.1 Å². The number of para-hydroxylation sites is 1. The molecule has 0 saturated heterocycles. The van der Waals surface area contributed by atoms with Crippen LogP contribution in [0.4, 0.5) is 0 Å². The zero-order valence-electron chi connectivity index (χ0n) is 24.9. The third-order valence-electron chi connectivity index (χ3n) is 7.53. The van der Waals surface area contributed by atoms with Crippen LogP contribution in [0, 0.1) is 0 Å². The van der Waals surface area contributed by atoms with E-state index in [4.69, 9.17) is 11.5 Å². The van der Waals surface area contributed by atoms with Crippen LogP contribution in [0.5, 0.6) is 0 Å². The second-order valence-corrected chi connectivity index (χ2v) is 10.9. The third kappa shape index (κ3) is 9.49. The summed E-state index contributed by atoms with van der Waals surface area (Å²) in [5.41, 5.74) is 14.8. The highest BCUT2D eigenvalue weighted by Crippen LogP contribution is 2.19. The Balaban J connectivity index is 1.53. The number of aromatic nitrogens is 3. The molecule has 0 unspecified atom stereocenters. The monoisotopic (exact) mass is 616 g/mol. The number of imidazole rings is 1. The van der Waals surface area contributed by atoms with E-state index in [1.54, 1.807) is 12.4 Å². The molecule has 0 radical (unpaired) electrons. The van der Waals surface area contributed by atoms with Crippen molar-refractivity contribution in [3.8, 4) is 0 Å². The largest absolute Gasteiger partial charge is 0.480 e. The summed E-state index contributed by atoms with van der Waals surface area (Å²) in [5.74, 6) is -3.03. The van der Waals surface area contributed by atoms with Gasteiger partial charge in [0.25, 0.3) is 0 Å². The number of carboxylic acids is 1. The summed E-state index contributed by atoms with van der Waals surface area (Å²) in [5, 5.41) is 18.8. The molecule has 2 heterocycles. The highest BCUT2D eigenvalue weighted by atomic mass is 16.4. The molecule has 238 valence electrons. The SMILES string of the molecule is NCCCC[C@H](NC(=O)[C@@H](N)Cc1ccccc1)C(=O)N[C@@H](Cc1c[nH]c2ccccc12)C(=O)N[C@@H](Cc1c[nH]cn1)C(=O)O. The van der Waals surface area contributed by atoms with Crippen LogP contribution in [0.1, 0.15) is 36.1 Å². The van der Waals surface area contributed by atoms with Gasteiger partial charge in [-0.2, -0.15) is 0 Å². The summed E-state index contributed by atoms with van der Waals surface area (Å²) in [6.45, 7) is 0.411. The number of nitrogens with one attached hydrogen (secondary N) is 5. The number of carbonyl (C=O) groups is 4.